The monoisotopic (exact) mass is 397 g/mol. The van der Waals surface area contributed by atoms with Crippen molar-refractivity contribution in [2.75, 3.05) is 13.2 Å². The molecule has 0 aliphatic carbocycles. The largest absolute Gasteiger partial charge is 0.379 e. The number of hydrogen-bond donors (Lipinski definition) is 1. The molecule has 0 saturated carbocycles. The number of carbonyl (C=O) groups excluding carboxylic acids is 1. The van der Waals surface area contributed by atoms with Crippen molar-refractivity contribution in [2.24, 2.45) is 0 Å². The standard InChI is InChI=1S/C22H24FN3O3/c1-15(2)29-12-4-11-25-21(27)19-13-17-5-3-10-24-20(17)26(22(19)28)14-16-6-8-18(23)9-7-16/h3,5-10,13,15H,4,11-12,14H2,1-2H3,(H,25,27). The van der Waals surface area contributed by atoms with Crippen LogP contribution < -0.4 is 10.9 Å². The summed E-state index contributed by atoms with van der Waals surface area (Å²) in [7, 11) is 0. The summed E-state index contributed by atoms with van der Waals surface area (Å²) in [6.07, 6.45) is 2.39. The van der Waals surface area contributed by atoms with Crippen molar-refractivity contribution < 1.29 is 13.9 Å². The fourth-order valence-corrected chi connectivity index (χ4v) is 2.98. The van der Waals surface area contributed by atoms with Crippen LogP contribution in [-0.4, -0.2) is 34.7 Å². The highest BCUT2D eigenvalue weighted by atomic mass is 19.1. The van der Waals surface area contributed by atoms with Gasteiger partial charge in [-0.1, -0.05) is 12.1 Å². The van der Waals surface area contributed by atoms with Gasteiger partial charge in [0.05, 0.1) is 12.6 Å². The molecule has 152 valence electrons. The van der Waals surface area contributed by atoms with E-state index >= 15 is 0 Å². The van der Waals surface area contributed by atoms with Crippen molar-refractivity contribution in [2.45, 2.75) is 32.9 Å². The summed E-state index contributed by atoms with van der Waals surface area (Å²) in [5, 5.41) is 3.46. The third-order valence-corrected chi connectivity index (χ3v) is 4.40. The van der Waals surface area contributed by atoms with Gasteiger partial charge in [-0.05, 0) is 56.2 Å². The second kappa shape index (κ2) is 9.43. The highest BCUT2D eigenvalue weighted by molar-refractivity contribution is 5.96. The highest BCUT2D eigenvalue weighted by Crippen LogP contribution is 2.13. The lowest BCUT2D eigenvalue weighted by Gasteiger charge is -2.13. The van der Waals surface area contributed by atoms with Crippen LogP contribution >= 0.6 is 0 Å². The van der Waals surface area contributed by atoms with E-state index < -0.39 is 11.5 Å². The van der Waals surface area contributed by atoms with Gasteiger partial charge in [0.1, 0.15) is 17.0 Å². The molecule has 7 heteroatoms. The lowest BCUT2D eigenvalue weighted by molar-refractivity contribution is 0.0757. The fraction of sp³-hybridized carbons (Fsp3) is 0.318. The first-order valence-electron chi connectivity index (χ1n) is 9.58. The molecular formula is C22H24FN3O3. The number of nitrogens with zero attached hydrogens (tertiary/aromatic N) is 2. The number of aromatic nitrogens is 2. The Morgan fingerprint density at radius 1 is 1.24 bits per heavy atom. The van der Waals surface area contributed by atoms with E-state index in [1.54, 1.807) is 36.5 Å². The normalized spacial score (nSPS) is 11.2. The number of rotatable bonds is 8. The van der Waals surface area contributed by atoms with E-state index in [2.05, 4.69) is 10.3 Å². The van der Waals surface area contributed by atoms with Gasteiger partial charge in [0, 0.05) is 24.7 Å². The number of ether oxygens (including phenoxy) is 1. The number of benzene rings is 1. The molecule has 0 bridgehead atoms. The maximum atomic E-state index is 13.2. The molecule has 0 fully saturated rings. The van der Waals surface area contributed by atoms with E-state index in [-0.39, 0.29) is 24.0 Å². The number of amides is 1. The van der Waals surface area contributed by atoms with Crippen molar-refractivity contribution in [3.05, 3.63) is 76.0 Å². The average molecular weight is 397 g/mol. The van der Waals surface area contributed by atoms with Crippen LogP contribution in [0.15, 0.2) is 53.5 Å². The van der Waals surface area contributed by atoms with E-state index in [0.29, 0.717) is 30.6 Å². The van der Waals surface area contributed by atoms with E-state index in [1.807, 2.05) is 13.8 Å². The SMILES string of the molecule is CC(C)OCCCNC(=O)c1cc2cccnc2n(Cc2ccc(F)cc2)c1=O. The second-order valence-electron chi connectivity index (χ2n) is 7.02. The number of halogens is 1. The van der Waals surface area contributed by atoms with Gasteiger partial charge in [-0.25, -0.2) is 9.37 Å². The zero-order valence-electron chi connectivity index (χ0n) is 16.5. The van der Waals surface area contributed by atoms with Crippen molar-refractivity contribution in [1.29, 1.82) is 0 Å². The van der Waals surface area contributed by atoms with Crippen molar-refractivity contribution in [3.8, 4) is 0 Å². The zero-order chi connectivity index (χ0) is 20.8. The molecule has 1 aromatic carbocycles. The lowest BCUT2D eigenvalue weighted by Crippen LogP contribution is -2.34. The van der Waals surface area contributed by atoms with E-state index in [9.17, 15) is 14.0 Å². The minimum absolute atomic E-state index is 0.0531. The fourth-order valence-electron chi connectivity index (χ4n) is 2.98. The van der Waals surface area contributed by atoms with Crippen LogP contribution in [-0.2, 0) is 11.3 Å². The van der Waals surface area contributed by atoms with Gasteiger partial charge in [0.15, 0.2) is 0 Å². The van der Waals surface area contributed by atoms with Gasteiger partial charge in [-0.15, -0.1) is 0 Å². The Hall–Kier alpha value is -3.06. The molecule has 2 aromatic heterocycles. The summed E-state index contributed by atoms with van der Waals surface area (Å²) in [6, 6.07) is 11.0. The summed E-state index contributed by atoms with van der Waals surface area (Å²) in [6.45, 7) is 5.04. The van der Waals surface area contributed by atoms with E-state index in [0.717, 1.165) is 5.56 Å². The third kappa shape index (κ3) is 5.26. The first-order valence-corrected chi connectivity index (χ1v) is 9.58. The zero-order valence-corrected chi connectivity index (χ0v) is 16.5. The van der Waals surface area contributed by atoms with Gasteiger partial charge >= 0.3 is 0 Å². The van der Waals surface area contributed by atoms with Gasteiger partial charge in [0.25, 0.3) is 11.5 Å². The Kier molecular flexibility index (Phi) is 6.72. The van der Waals surface area contributed by atoms with Gasteiger partial charge in [0.2, 0.25) is 0 Å². The predicted molar refractivity (Wildman–Crippen MR) is 110 cm³/mol. The van der Waals surface area contributed by atoms with Crippen LogP contribution in [0.5, 0.6) is 0 Å². The molecule has 0 radical (unpaired) electrons. The Balaban J connectivity index is 1.86. The molecule has 2 heterocycles. The highest BCUT2D eigenvalue weighted by Gasteiger charge is 2.16. The maximum absolute atomic E-state index is 13.2. The molecule has 1 amide bonds. The molecule has 0 spiro atoms. The molecule has 29 heavy (non-hydrogen) atoms. The molecule has 3 aromatic rings. The summed E-state index contributed by atoms with van der Waals surface area (Å²) < 4.78 is 20.1. The molecule has 0 unspecified atom stereocenters. The minimum Gasteiger partial charge on any atom is -0.379 e. The number of hydrogen-bond acceptors (Lipinski definition) is 4. The smallest absolute Gasteiger partial charge is 0.265 e. The van der Waals surface area contributed by atoms with Crippen molar-refractivity contribution >= 4 is 16.9 Å². The van der Waals surface area contributed by atoms with E-state index in [4.69, 9.17) is 4.74 Å². The molecule has 0 aliphatic rings. The van der Waals surface area contributed by atoms with Crippen molar-refractivity contribution in [3.63, 3.8) is 0 Å². The molecule has 0 aliphatic heterocycles. The Labute approximate surface area is 168 Å². The van der Waals surface area contributed by atoms with Crippen LogP contribution in [0.2, 0.25) is 0 Å². The van der Waals surface area contributed by atoms with Gasteiger partial charge < -0.3 is 10.1 Å². The first kappa shape index (κ1) is 20.7. The number of fused-ring (bicyclic) bond motifs is 1. The van der Waals surface area contributed by atoms with E-state index in [1.165, 1.54) is 16.7 Å². The molecule has 0 atom stereocenters. The van der Waals surface area contributed by atoms with Gasteiger partial charge in [-0.3, -0.25) is 14.2 Å². The molecule has 6 nitrogen and oxygen atoms in total. The Morgan fingerprint density at radius 2 is 2.00 bits per heavy atom. The van der Waals surface area contributed by atoms with Crippen LogP contribution in [0.25, 0.3) is 11.0 Å². The Bertz CT molecular complexity index is 1050. The first-order chi connectivity index (χ1) is 14.0. The third-order valence-electron chi connectivity index (χ3n) is 4.40. The molecular weight excluding hydrogens is 373 g/mol. The van der Waals surface area contributed by atoms with Crippen LogP contribution in [0.3, 0.4) is 0 Å². The minimum atomic E-state index is -0.434. The van der Waals surface area contributed by atoms with Crippen molar-refractivity contribution in [1.82, 2.24) is 14.9 Å². The van der Waals surface area contributed by atoms with Crippen LogP contribution in [0.4, 0.5) is 4.39 Å². The lowest BCUT2D eigenvalue weighted by atomic mass is 10.1. The Morgan fingerprint density at radius 3 is 2.72 bits per heavy atom. The van der Waals surface area contributed by atoms with Gasteiger partial charge in [-0.2, -0.15) is 0 Å². The maximum Gasteiger partial charge on any atom is 0.265 e. The van der Waals surface area contributed by atoms with Crippen LogP contribution in [0.1, 0.15) is 36.2 Å². The molecule has 3 rings (SSSR count). The topological polar surface area (TPSA) is 73.2 Å². The number of carbonyl (C=O) groups is 1. The number of nitrogens with one attached hydrogen (secondary N) is 1. The van der Waals surface area contributed by atoms with Crippen LogP contribution in [0, 0.1) is 5.82 Å². The molecule has 0 saturated heterocycles. The number of pyridine rings is 2. The average Bonchev–Trinajstić information content (AvgIpc) is 2.70. The summed E-state index contributed by atoms with van der Waals surface area (Å²) in [5.41, 5.74) is 0.835. The summed E-state index contributed by atoms with van der Waals surface area (Å²) in [5.74, 6) is -0.781. The summed E-state index contributed by atoms with van der Waals surface area (Å²) >= 11 is 0. The molecule has 1 N–H and O–H groups in total. The summed E-state index contributed by atoms with van der Waals surface area (Å²) in [4.78, 5) is 30.0. The second-order valence-corrected chi connectivity index (χ2v) is 7.02. The predicted octanol–water partition coefficient (Wildman–Crippen LogP) is 3.13. The quantitative estimate of drug-likeness (QED) is 0.593.